The highest BCUT2D eigenvalue weighted by Crippen LogP contribution is 2.32. The molecule has 0 aromatic heterocycles. The van der Waals surface area contributed by atoms with Crippen LogP contribution in [0, 0.1) is 5.41 Å². The Kier molecular flexibility index (Phi) is 10.8. The summed E-state index contributed by atoms with van der Waals surface area (Å²) in [4.78, 5) is 0. The van der Waals surface area contributed by atoms with E-state index in [-0.39, 0.29) is 13.0 Å². The lowest BCUT2D eigenvalue weighted by atomic mass is 10.0. The molecule has 0 saturated carbocycles. The Morgan fingerprint density at radius 3 is 1.79 bits per heavy atom. The standard InChI is InChI=1S/C29H30Cl3NO5/c30-29(31,32)28(33)38-26-16-24(35-18-22-12-6-2-7-13-22)27(36-19-23-14-8-3-9-15-23)25(37-26)20-34-17-21-10-4-1-5-11-21/h1-15,24-27,33H,16-20H2/t24-,25?,26+,27?/m1/s1. The van der Waals surface area contributed by atoms with E-state index in [4.69, 9.17) is 63.9 Å². The molecule has 3 aromatic carbocycles. The molecular weight excluding hydrogens is 549 g/mol. The largest absolute Gasteiger partial charge is 0.448 e. The van der Waals surface area contributed by atoms with Gasteiger partial charge < -0.3 is 23.7 Å². The lowest BCUT2D eigenvalue weighted by Crippen LogP contribution is -2.53. The van der Waals surface area contributed by atoms with Gasteiger partial charge in [-0.05, 0) is 16.7 Å². The predicted molar refractivity (Wildman–Crippen MR) is 149 cm³/mol. The number of benzene rings is 3. The molecule has 0 radical (unpaired) electrons. The number of halogens is 3. The van der Waals surface area contributed by atoms with Crippen LogP contribution in [0.1, 0.15) is 23.1 Å². The summed E-state index contributed by atoms with van der Waals surface area (Å²) in [6.45, 7) is 1.34. The topological polar surface area (TPSA) is 70.0 Å². The number of ether oxygens (including phenoxy) is 5. The van der Waals surface area contributed by atoms with Gasteiger partial charge in [-0.1, -0.05) is 126 Å². The maximum Gasteiger partial charge on any atom is 0.265 e. The second-order valence-corrected chi connectivity index (χ2v) is 11.2. The molecule has 3 aromatic rings. The Morgan fingerprint density at radius 1 is 0.763 bits per heavy atom. The minimum Gasteiger partial charge on any atom is -0.448 e. The van der Waals surface area contributed by atoms with Gasteiger partial charge in [-0.25, -0.2) is 0 Å². The molecule has 6 nitrogen and oxygen atoms in total. The van der Waals surface area contributed by atoms with E-state index in [1.807, 2.05) is 91.0 Å². The first kappa shape index (κ1) is 28.8. The molecular formula is C29H30Cl3NO5. The fraction of sp³-hybridized carbons (Fsp3) is 0.345. The Labute approximate surface area is 238 Å². The summed E-state index contributed by atoms with van der Waals surface area (Å²) in [7, 11) is 0. The van der Waals surface area contributed by atoms with Crippen molar-refractivity contribution in [3.8, 4) is 0 Å². The van der Waals surface area contributed by atoms with Gasteiger partial charge in [-0.15, -0.1) is 0 Å². The normalized spacial score (nSPS) is 21.7. The summed E-state index contributed by atoms with van der Waals surface area (Å²) in [5.41, 5.74) is 3.08. The second kappa shape index (κ2) is 14.3. The van der Waals surface area contributed by atoms with Gasteiger partial charge in [-0.2, -0.15) is 0 Å². The van der Waals surface area contributed by atoms with Gasteiger partial charge >= 0.3 is 0 Å². The smallest absolute Gasteiger partial charge is 0.265 e. The van der Waals surface area contributed by atoms with E-state index < -0.39 is 34.3 Å². The van der Waals surface area contributed by atoms with Gasteiger partial charge in [0, 0.05) is 6.42 Å². The lowest BCUT2D eigenvalue weighted by Gasteiger charge is -2.41. The maximum atomic E-state index is 8.04. The van der Waals surface area contributed by atoms with Crippen molar-refractivity contribution < 1.29 is 23.7 Å². The Hall–Kier alpha value is -2.16. The van der Waals surface area contributed by atoms with Crippen molar-refractivity contribution in [3.63, 3.8) is 0 Å². The lowest BCUT2D eigenvalue weighted by molar-refractivity contribution is -0.261. The molecule has 1 saturated heterocycles. The number of rotatable bonds is 11. The molecule has 1 fully saturated rings. The quantitative estimate of drug-likeness (QED) is 0.153. The van der Waals surface area contributed by atoms with E-state index in [0.29, 0.717) is 19.8 Å². The number of hydrogen-bond donors (Lipinski definition) is 1. The number of nitrogens with one attached hydrogen (secondary N) is 1. The third kappa shape index (κ3) is 8.95. The van der Waals surface area contributed by atoms with Crippen LogP contribution in [0.2, 0.25) is 0 Å². The molecule has 1 N–H and O–H groups in total. The third-order valence-corrected chi connectivity index (χ3v) is 6.49. The van der Waals surface area contributed by atoms with E-state index >= 15 is 0 Å². The van der Waals surface area contributed by atoms with Crippen LogP contribution in [0.25, 0.3) is 0 Å². The summed E-state index contributed by atoms with van der Waals surface area (Å²) in [6.07, 6.45) is -2.10. The molecule has 2 unspecified atom stereocenters. The van der Waals surface area contributed by atoms with Crippen molar-refractivity contribution in [2.45, 2.75) is 54.6 Å². The first-order chi connectivity index (χ1) is 18.4. The van der Waals surface area contributed by atoms with Crippen molar-refractivity contribution in [1.82, 2.24) is 0 Å². The summed E-state index contributed by atoms with van der Waals surface area (Å²) in [5.74, 6) is -0.526. The van der Waals surface area contributed by atoms with Crippen molar-refractivity contribution in [2.24, 2.45) is 0 Å². The van der Waals surface area contributed by atoms with Gasteiger partial charge in [0.25, 0.3) is 3.79 Å². The number of alkyl halides is 3. The zero-order valence-electron chi connectivity index (χ0n) is 20.7. The third-order valence-electron chi connectivity index (χ3n) is 5.98. The average Bonchev–Trinajstić information content (AvgIpc) is 2.92. The summed E-state index contributed by atoms with van der Waals surface area (Å²) < 4.78 is 28.6. The molecule has 4 rings (SSSR count). The highest BCUT2D eigenvalue weighted by molar-refractivity contribution is 6.76. The molecule has 1 aliphatic rings. The van der Waals surface area contributed by atoms with Crippen LogP contribution in [0.3, 0.4) is 0 Å². The second-order valence-electron chi connectivity index (χ2n) is 8.88. The minimum absolute atomic E-state index is 0.209. The fourth-order valence-electron chi connectivity index (χ4n) is 4.09. The molecule has 9 heteroatoms. The summed E-state index contributed by atoms with van der Waals surface area (Å²) in [5, 5.41) is 8.04. The molecule has 202 valence electrons. The Balaban J connectivity index is 1.51. The zero-order chi connectivity index (χ0) is 26.8. The molecule has 1 heterocycles. The molecule has 4 atom stereocenters. The van der Waals surface area contributed by atoms with Gasteiger partial charge in [0.1, 0.15) is 12.2 Å². The molecule has 0 amide bonds. The number of hydrogen-bond acceptors (Lipinski definition) is 6. The SMILES string of the molecule is N=C(O[C@H]1C[C@@H](OCc2ccccc2)C(OCc2ccccc2)C(COCc2ccccc2)O1)C(Cl)(Cl)Cl. The summed E-state index contributed by atoms with van der Waals surface area (Å²) in [6, 6.07) is 29.6. The van der Waals surface area contributed by atoms with E-state index in [9.17, 15) is 0 Å². The molecule has 1 aliphatic heterocycles. The van der Waals surface area contributed by atoms with Crippen LogP contribution in [0.5, 0.6) is 0 Å². The summed E-state index contributed by atoms with van der Waals surface area (Å²) >= 11 is 17.6. The van der Waals surface area contributed by atoms with Gasteiger partial charge in [-0.3, -0.25) is 5.41 Å². The molecule has 0 bridgehead atoms. The van der Waals surface area contributed by atoms with Crippen molar-refractivity contribution >= 4 is 40.7 Å². The van der Waals surface area contributed by atoms with Gasteiger partial charge in [0.2, 0.25) is 12.2 Å². The Bertz CT molecular complexity index is 1120. The van der Waals surface area contributed by atoms with Crippen LogP contribution in [0.4, 0.5) is 0 Å². The fourth-order valence-corrected chi connectivity index (χ4v) is 4.22. The highest BCUT2D eigenvalue weighted by atomic mass is 35.6. The van der Waals surface area contributed by atoms with Crippen molar-refractivity contribution in [1.29, 1.82) is 5.41 Å². The predicted octanol–water partition coefficient (Wildman–Crippen LogP) is 6.85. The molecule has 0 aliphatic carbocycles. The van der Waals surface area contributed by atoms with Crippen molar-refractivity contribution in [2.75, 3.05) is 6.61 Å². The average molecular weight is 579 g/mol. The van der Waals surface area contributed by atoms with Gasteiger partial charge in [0.05, 0.1) is 32.5 Å². The zero-order valence-corrected chi connectivity index (χ0v) is 22.9. The van der Waals surface area contributed by atoms with Gasteiger partial charge in [0.15, 0.2) is 0 Å². The Morgan fingerprint density at radius 2 is 1.26 bits per heavy atom. The monoisotopic (exact) mass is 577 g/mol. The van der Waals surface area contributed by atoms with Crippen LogP contribution in [-0.2, 0) is 43.5 Å². The van der Waals surface area contributed by atoms with Crippen LogP contribution in [-0.4, -0.2) is 40.9 Å². The van der Waals surface area contributed by atoms with E-state index in [0.717, 1.165) is 16.7 Å². The van der Waals surface area contributed by atoms with E-state index in [1.165, 1.54) is 0 Å². The van der Waals surface area contributed by atoms with Crippen LogP contribution < -0.4 is 0 Å². The highest BCUT2D eigenvalue weighted by Gasteiger charge is 2.43. The van der Waals surface area contributed by atoms with E-state index in [1.54, 1.807) is 0 Å². The molecule has 0 spiro atoms. The van der Waals surface area contributed by atoms with Crippen LogP contribution in [0.15, 0.2) is 91.0 Å². The van der Waals surface area contributed by atoms with E-state index in [2.05, 4.69) is 0 Å². The first-order valence-electron chi connectivity index (χ1n) is 12.3. The van der Waals surface area contributed by atoms with Crippen LogP contribution >= 0.6 is 34.8 Å². The maximum absolute atomic E-state index is 8.04. The first-order valence-corrected chi connectivity index (χ1v) is 13.4. The minimum atomic E-state index is -2.01. The molecule has 38 heavy (non-hydrogen) atoms. The van der Waals surface area contributed by atoms with Crippen molar-refractivity contribution in [3.05, 3.63) is 108 Å².